The second-order valence-electron chi connectivity index (χ2n) is 9.61. The maximum atomic E-state index is 12.4. The summed E-state index contributed by atoms with van der Waals surface area (Å²) in [6, 6.07) is 2.58. The van der Waals surface area contributed by atoms with Gasteiger partial charge in [-0.15, -0.1) is 0 Å². The van der Waals surface area contributed by atoms with E-state index >= 15 is 0 Å². The van der Waals surface area contributed by atoms with E-state index in [0.29, 0.717) is 11.7 Å². The van der Waals surface area contributed by atoms with Crippen molar-refractivity contribution in [3.8, 4) is 11.1 Å². The Morgan fingerprint density at radius 1 is 1.22 bits per heavy atom. The minimum Gasteiger partial charge on any atom is -0.444 e. The van der Waals surface area contributed by atoms with E-state index in [4.69, 9.17) is 15.6 Å². The molecule has 3 aromatic rings. The molecule has 0 aromatic carbocycles. The molecule has 8 nitrogen and oxygen atoms in total. The van der Waals surface area contributed by atoms with Crippen molar-refractivity contribution < 1.29 is 9.53 Å². The van der Waals surface area contributed by atoms with Crippen molar-refractivity contribution in [2.24, 2.45) is 0 Å². The third-order valence-corrected chi connectivity index (χ3v) is 6.80. The van der Waals surface area contributed by atoms with Gasteiger partial charge in [0.15, 0.2) is 0 Å². The molecule has 0 saturated heterocycles. The fourth-order valence-corrected chi connectivity index (χ4v) is 5.15. The van der Waals surface area contributed by atoms with E-state index in [1.807, 2.05) is 40.2 Å². The summed E-state index contributed by atoms with van der Waals surface area (Å²) < 4.78 is 10.4. The van der Waals surface area contributed by atoms with Gasteiger partial charge in [0, 0.05) is 40.6 Å². The van der Waals surface area contributed by atoms with E-state index in [0.717, 1.165) is 52.5 Å². The maximum absolute atomic E-state index is 12.4. The number of rotatable bonds is 3. The van der Waals surface area contributed by atoms with E-state index in [2.05, 4.69) is 38.7 Å². The molecule has 1 aliphatic rings. The average Bonchev–Trinajstić information content (AvgIpc) is 3.29. The number of nitrogens with two attached hydrogens (primary N) is 1. The Morgan fingerprint density at radius 3 is 2.56 bits per heavy atom. The molecule has 9 heteroatoms. The molecule has 3 aromatic heterocycles. The standard InChI is InChI=1S/C23H31BrN6O2/c1-14-18(15-10-19(24)21-20(25)12-26-29(21)13-15)11-27-30(14)17-8-6-16(7-9-17)28(5)22(31)32-23(2,3)4/h10-13,16-17H,6-9,25H2,1-5H3/t16-,17+. The Balaban J connectivity index is 1.48. The first-order valence-corrected chi connectivity index (χ1v) is 11.8. The molecule has 1 amide bonds. The van der Waals surface area contributed by atoms with Crippen molar-refractivity contribution in [1.29, 1.82) is 0 Å². The summed E-state index contributed by atoms with van der Waals surface area (Å²) in [7, 11) is 1.84. The van der Waals surface area contributed by atoms with Gasteiger partial charge in [-0.25, -0.2) is 9.31 Å². The van der Waals surface area contributed by atoms with Crippen molar-refractivity contribution in [1.82, 2.24) is 24.3 Å². The van der Waals surface area contributed by atoms with Gasteiger partial charge in [0.1, 0.15) is 11.1 Å². The minimum absolute atomic E-state index is 0.195. The van der Waals surface area contributed by atoms with Crippen LogP contribution in [0.1, 0.15) is 58.2 Å². The first-order valence-electron chi connectivity index (χ1n) is 11.0. The smallest absolute Gasteiger partial charge is 0.410 e. The minimum atomic E-state index is -0.481. The van der Waals surface area contributed by atoms with Crippen LogP contribution >= 0.6 is 15.9 Å². The molecule has 32 heavy (non-hydrogen) atoms. The van der Waals surface area contributed by atoms with Crippen LogP contribution in [0.25, 0.3) is 16.6 Å². The molecule has 2 N–H and O–H groups in total. The normalized spacial score (nSPS) is 19.3. The van der Waals surface area contributed by atoms with Crippen LogP contribution in [0.15, 0.2) is 29.1 Å². The predicted octanol–water partition coefficient (Wildman–Crippen LogP) is 5.20. The Hall–Kier alpha value is -2.55. The number of ether oxygens (including phenoxy) is 1. The topological polar surface area (TPSA) is 90.7 Å². The molecule has 172 valence electrons. The molecule has 1 fully saturated rings. The number of carbonyl (C=O) groups excluding carboxylic acids is 1. The van der Waals surface area contributed by atoms with Crippen LogP contribution in [-0.4, -0.2) is 49.1 Å². The highest BCUT2D eigenvalue weighted by Gasteiger charge is 2.31. The molecule has 0 radical (unpaired) electrons. The fraction of sp³-hybridized carbons (Fsp3) is 0.522. The number of pyridine rings is 1. The lowest BCUT2D eigenvalue weighted by Gasteiger charge is -2.35. The van der Waals surface area contributed by atoms with Crippen molar-refractivity contribution in [2.75, 3.05) is 12.8 Å². The molecule has 0 aliphatic heterocycles. The number of fused-ring (bicyclic) bond motifs is 1. The van der Waals surface area contributed by atoms with Crippen LogP contribution in [0, 0.1) is 6.92 Å². The van der Waals surface area contributed by atoms with E-state index in [1.54, 1.807) is 15.6 Å². The number of halogens is 1. The highest BCUT2D eigenvalue weighted by Crippen LogP contribution is 2.35. The molecule has 0 spiro atoms. The quantitative estimate of drug-likeness (QED) is 0.531. The lowest BCUT2D eigenvalue weighted by Crippen LogP contribution is -2.42. The van der Waals surface area contributed by atoms with Gasteiger partial charge >= 0.3 is 6.09 Å². The fourth-order valence-electron chi connectivity index (χ4n) is 4.49. The zero-order valence-corrected chi connectivity index (χ0v) is 20.9. The lowest BCUT2D eigenvalue weighted by molar-refractivity contribution is 0.0172. The van der Waals surface area contributed by atoms with Gasteiger partial charge in [0.2, 0.25) is 0 Å². The Labute approximate surface area is 196 Å². The van der Waals surface area contributed by atoms with E-state index < -0.39 is 5.60 Å². The van der Waals surface area contributed by atoms with Crippen LogP contribution in [0.3, 0.4) is 0 Å². The van der Waals surface area contributed by atoms with Gasteiger partial charge in [-0.3, -0.25) is 4.68 Å². The van der Waals surface area contributed by atoms with Gasteiger partial charge in [0.25, 0.3) is 0 Å². The number of hydrogen-bond acceptors (Lipinski definition) is 5. The number of hydrogen-bond donors (Lipinski definition) is 1. The highest BCUT2D eigenvalue weighted by molar-refractivity contribution is 9.10. The average molecular weight is 503 g/mol. The number of anilines is 1. The van der Waals surface area contributed by atoms with E-state index in [-0.39, 0.29) is 12.1 Å². The third-order valence-electron chi connectivity index (χ3n) is 6.19. The first kappa shape index (κ1) is 22.6. The summed E-state index contributed by atoms with van der Waals surface area (Å²) in [5.74, 6) is 0. The predicted molar refractivity (Wildman–Crippen MR) is 129 cm³/mol. The van der Waals surface area contributed by atoms with Crippen LogP contribution < -0.4 is 5.73 Å². The Bertz CT molecular complexity index is 1140. The highest BCUT2D eigenvalue weighted by atomic mass is 79.9. The Kier molecular flexibility index (Phi) is 5.96. The van der Waals surface area contributed by atoms with Gasteiger partial charge in [0.05, 0.1) is 24.1 Å². The van der Waals surface area contributed by atoms with Gasteiger partial charge < -0.3 is 15.4 Å². The van der Waals surface area contributed by atoms with Gasteiger partial charge in [-0.05, 0) is 75.4 Å². The summed E-state index contributed by atoms with van der Waals surface area (Å²) in [6.45, 7) is 7.79. The molecule has 1 aliphatic carbocycles. The van der Waals surface area contributed by atoms with Gasteiger partial charge in [-0.1, -0.05) is 0 Å². The first-order chi connectivity index (χ1) is 15.0. The molecular weight excluding hydrogens is 472 g/mol. The van der Waals surface area contributed by atoms with Crippen molar-refractivity contribution in [3.05, 3.63) is 34.8 Å². The van der Waals surface area contributed by atoms with Crippen molar-refractivity contribution in [3.63, 3.8) is 0 Å². The monoisotopic (exact) mass is 502 g/mol. The van der Waals surface area contributed by atoms with Crippen molar-refractivity contribution in [2.45, 2.75) is 71.1 Å². The second kappa shape index (κ2) is 8.42. The molecule has 3 heterocycles. The number of nitrogens with zero attached hydrogens (tertiary/aromatic N) is 5. The summed E-state index contributed by atoms with van der Waals surface area (Å²) >= 11 is 3.62. The SMILES string of the molecule is Cc1c(-c2cc(Br)c3c(N)cnn3c2)cnn1[C@H]1CC[C@@H](N(C)C(=O)OC(C)(C)C)CC1. The van der Waals surface area contributed by atoms with E-state index in [1.165, 1.54) is 0 Å². The van der Waals surface area contributed by atoms with Crippen LogP contribution in [0.5, 0.6) is 0 Å². The second-order valence-corrected chi connectivity index (χ2v) is 10.5. The maximum Gasteiger partial charge on any atom is 0.410 e. The third kappa shape index (κ3) is 4.35. The molecular formula is C23H31BrN6O2. The number of carbonyl (C=O) groups is 1. The molecule has 0 atom stereocenters. The molecule has 0 unspecified atom stereocenters. The van der Waals surface area contributed by atoms with Gasteiger partial charge in [-0.2, -0.15) is 10.2 Å². The van der Waals surface area contributed by atoms with Crippen molar-refractivity contribution >= 4 is 33.2 Å². The summed E-state index contributed by atoms with van der Waals surface area (Å²) in [5, 5.41) is 9.07. The number of amides is 1. The van der Waals surface area contributed by atoms with Crippen LogP contribution in [0.4, 0.5) is 10.5 Å². The largest absolute Gasteiger partial charge is 0.444 e. The van der Waals surface area contributed by atoms with Crippen LogP contribution in [-0.2, 0) is 4.74 Å². The molecule has 4 rings (SSSR count). The van der Waals surface area contributed by atoms with Crippen LogP contribution in [0.2, 0.25) is 0 Å². The van der Waals surface area contributed by atoms with E-state index in [9.17, 15) is 4.79 Å². The summed E-state index contributed by atoms with van der Waals surface area (Å²) in [5.41, 5.74) is 10.3. The zero-order chi connectivity index (χ0) is 23.2. The molecule has 0 bridgehead atoms. The zero-order valence-electron chi connectivity index (χ0n) is 19.3. The Morgan fingerprint density at radius 2 is 1.91 bits per heavy atom. The lowest BCUT2D eigenvalue weighted by atomic mass is 9.90. The summed E-state index contributed by atoms with van der Waals surface area (Å²) in [4.78, 5) is 14.2. The molecule has 1 saturated carbocycles. The number of aromatic nitrogens is 4. The summed E-state index contributed by atoms with van der Waals surface area (Å²) in [6.07, 6.45) is 9.12. The number of nitrogen functional groups attached to an aromatic ring is 1.